The van der Waals surface area contributed by atoms with Gasteiger partial charge < -0.3 is 10.6 Å². The molecule has 2 rings (SSSR count). The van der Waals surface area contributed by atoms with Gasteiger partial charge in [-0.3, -0.25) is 4.79 Å². The van der Waals surface area contributed by atoms with Crippen LogP contribution in [0.15, 0.2) is 36.0 Å². The highest BCUT2D eigenvalue weighted by Crippen LogP contribution is 2.21. The highest BCUT2D eigenvalue weighted by Gasteiger charge is 2.06. The summed E-state index contributed by atoms with van der Waals surface area (Å²) in [4.78, 5) is 22.9. The number of anilines is 1. The maximum absolute atomic E-state index is 11.7. The van der Waals surface area contributed by atoms with Crippen LogP contribution in [0.3, 0.4) is 0 Å². The van der Waals surface area contributed by atoms with Crippen molar-refractivity contribution in [1.29, 1.82) is 0 Å². The highest BCUT2D eigenvalue weighted by atomic mass is 16.2. The number of ketones is 1. The Kier molecular flexibility index (Phi) is 4.93. The molecule has 1 aliphatic rings. The van der Waals surface area contributed by atoms with Gasteiger partial charge in [0, 0.05) is 17.5 Å². The number of hydrogen-bond donors (Lipinski definition) is 2. The Morgan fingerprint density at radius 2 is 1.70 bits per heavy atom. The number of carbonyl (C=O) groups is 2. The molecule has 1 aromatic rings. The third kappa shape index (κ3) is 4.23. The summed E-state index contributed by atoms with van der Waals surface area (Å²) < 4.78 is 0. The average molecular weight is 272 g/mol. The largest absolute Gasteiger partial charge is 0.323 e. The summed E-state index contributed by atoms with van der Waals surface area (Å²) in [5.41, 5.74) is 2.62. The number of benzene rings is 1. The van der Waals surface area contributed by atoms with E-state index in [0.29, 0.717) is 11.3 Å². The molecular formula is C16H20N2O2. The molecule has 2 N–H and O–H groups in total. The summed E-state index contributed by atoms with van der Waals surface area (Å²) >= 11 is 0. The molecule has 106 valence electrons. The highest BCUT2D eigenvalue weighted by molar-refractivity contribution is 5.95. The molecule has 0 radical (unpaired) electrons. The summed E-state index contributed by atoms with van der Waals surface area (Å²) in [6.45, 7) is 1.52. The van der Waals surface area contributed by atoms with Gasteiger partial charge in [0.2, 0.25) is 0 Å². The van der Waals surface area contributed by atoms with Crippen LogP contribution in [-0.2, 0) is 0 Å². The van der Waals surface area contributed by atoms with Crippen molar-refractivity contribution in [3.8, 4) is 0 Å². The molecule has 2 amide bonds. The van der Waals surface area contributed by atoms with Gasteiger partial charge in [0.05, 0.1) is 0 Å². The number of hydrogen-bond acceptors (Lipinski definition) is 2. The number of carbonyl (C=O) groups excluding carboxylic acids is 2. The fourth-order valence-corrected chi connectivity index (χ4v) is 2.27. The number of nitrogens with one attached hydrogen (secondary N) is 2. The second-order valence-corrected chi connectivity index (χ2v) is 5.10. The maximum atomic E-state index is 11.7. The summed E-state index contributed by atoms with van der Waals surface area (Å²) in [6.07, 6.45) is 7.68. The first-order valence-electron chi connectivity index (χ1n) is 7.01. The van der Waals surface area contributed by atoms with E-state index < -0.39 is 0 Å². The van der Waals surface area contributed by atoms with E-state index in [1.54, 1.807) is 24.3 Å². The zero-order valence-electron chi connectivity index (χ0n) is 11.7. The molecule has 0 aliphatic heterocycles. The summed E-state index contributed by atoms with van der Waals surface area (Å²) in [5, 5.41) is 5.50. The molecular weight excluding hydrogens is 252 g/mol. The Labute approximate surface area is 119 Å². The number of amides is 2. The first-order chi connectivity index (χ1) is 9.65. The van der Waals surface area contributed by atoms with E-state index in [2.05, 4.69) is 10.6 Å². The van der Waals surface area contributed by atoms with Crippen LogP contribution in [0.5, 0.6) is 0 Å². The molecule has 4 nitrogen and oxygen atoms in total. The minimum absolute atomic E-state index is 0.0167. The quantitative estimate of drug-likeness (QED) is 0.821. The lowest BCUT2D eigenvalue weighted by atomic mass is 9.96. The van der Waals surface area contributed by atoms with Gasteiger partial charge in [-0.15, -0.1) is 0 Å². The predicted octanol–water partition coefficient (Wildman–Crippen LogP) is 3.86. The zero-order chi connectivity index (χ0) is 14.4. The van der Waals surface area contributed by atoms with Crippen LogP contribution < -0.4 is 10.6 Å². The van der Waals surface area contributed by atoms with Gasteiger partial charge in [-0.2, -0.15) is 0 Å². The van der Waals surface area contributed by atoms with Gasteiger partial charge in [0.25, 0.3) is 0 Å². The van der Waals surface area contributed by atoms with Crippen molar-refractivity contribution in [2.45, 2.75) is 39.0 Å². The molecule has 0 atom stereocenters. The maximum Gasteiger partial charge on any atom is 0.323 e. The first-order valence-corrected chi connectivity index (χ1v) is 7.01. The zero-order valence-corrected chi connectivity index (χ0v) is 11.7. The van der Waals surface area contributed by atoms with Crippen LogP contribution >= 0.6 is 0 Å². The van der Waals surface area contributed by atoms with E-state index >= 15 is 0 Å². The van der Waals surface area contributed by atoms with Crippen molar-refractivity contribution in [3.63, 3.8) is 0 Å². The van der Waals surface area contributed by atoms with Gasteiger partial charge in [0.1, 0.15) is 0 Å². The first kappa shape index (κ1) is 14.3. The molecule has 20 heavy (non-hydrogen) atoms. The monoisotopic (exact) mass is 272 g/mol. The summed E-state index contributed by atoms with van der Waals surface area (Å²) in [5.74, 6) is 0.0167. The summed E-state index contributed by atoms with van der Waals surface area (Å²) in [7, 11) is 0. The number of rotatable bonds is 3. The lowest BCUT2D eigenvalue weighted by molar-refractivity contribution is 0.101. The van der Waals surface area contributed by atoms with E-state index in [9.17, 15) is 9.59 Å². The van der Waals surface area contributed by atoms with Gasteiger partial charge >= 0.3 is 6.03 Å². The lowest BCUT2D eigenvalue weighted by Crippen LogP contribution is -2.24. The van der Waals surface area contributed by atoms with Crippen molar-refractivity contribution in [2.24, 2.45) is 0 Å². The van der Waals surface area contributed by atoms with Crippen LogP contribution in [-0.4, -0.2) is 11.8 Å². The van der Waals surface area contributed by atoms with E-state index in [1.807, 2.05) is 6.20 Å². The second-order valence-electron chi connectivity index (χ2n) is 5.10. The number of Topliss-reactive ketones (excluding diaryl/α,β-unsaturated/α-hetero) is 1. The summed E-state index contributed by atoms with van der Waals surface area (Å²) in [6, 6.07) is 6.61. The molecule has 1 saturated carbocycles. The number of urea groups is 1. The minimum atomic E-state index is -0.251. The van der Waals surface area contributed by atoms with Gasteiger partial charge in [-0.1, -0.05) is 12.0 Å². The third-order valence-electron chi connectivity index (χ3n) is 3.45. The Morgan fingerprint density at radius 1 is 1.05 bits per heavy atom. The van der Waals surface area contributed by atoms with E-state index in [-0.39, 0.29) is 11.8 Å². The van der Waals surface area contributed by atoms with Crippen molar-refractivity contribution in [1.82, 2.24) is 5.32 Å². The van der Waals surface area contributed by atoms with Crippen LogP contribution in [0, 0.1) is 0 Å². The van der Waals surface area contributed by atoms with Gasteiger partial charge in [-0.05, 0) is 56.9 Å². The molecule has 0 heterocycles. The molecule has 0 spiro atoms. The third-order valence-corrected chi connectivity index (χ3v) is 3.45. The number of allylic oxidation sites excluding steroid dienone is 1. The second kappa shape index (κ2) is 6.89. The molecule has 0 aromatic heterocycles. The van der Waals surface area contributed by atoms with E-state index in [1.165, 1.54) is 31.8 Å². The van der Waals surface area contributed by atoms with Gasteiger partial charge in [-0.25, -0.2) is 4.79 Å². The molecule has 0 saturated heterocycles. The topological polar surface area (TPSA) is 58.2 Å². The SMILES string of the molecule is CC(=O)c1ccc(NC(=O)NC=C2CCCCC2)cc1. The van der Waals surface area contributed by atoms with Crippen LogP contribution in [0.2, 0.25) is 0 Å². The molecule has 1 fully saturated rings. The molecule has 0 unspecified atom stereocenters. The van der Waals surface area contributed by atoms with Crippen molar-refractivity contribution < 1.29 is 9.59 Å². The van der Waals surface area contributed by atoms with Crippen LogP contribution in [0.25, 0.3) is 0 Å². The Balaban J connectivity index is 1.86. The Hall–Kier alpha value is -2.10. The predicted molar refractivity (Wildman–Crippen MR) is 79.8 cm³/mol. The van der Waals surface area contributed by atoms with E-state index in [0.717, 1.165) is 12.8 Å². The average Bonchev–Trinajstić information content (AvgIpc) is 2.47. The fraction of sp³-hybridized carbons (Fsp3) is 0.375. The van der Waals surface area contributed by atoms with E-state index in [4.69, 9.17) is 0 Å². The smallest absolute Gasteiger partial charge is 0.314 e. The van der Waals surface area contributed by atoms with Crippen molar-refractivity contribution >= 4 is 17.5 Å². The minimum Gasteiger partial charge on any atom is -0.314 e. The molecule has 4 heteroatoms. The lowest BCUT2D eigenvalue weighted by Gasteiger charge is -2.13. The van der Waals surface area contributed by atoms with Crippen LogP contribution in [0.1, 0.15) is 49.4 Å². The van der Waals surface area contributed by atoms with Crippen LogP contribution in [0.4, 0.5) is 10.5 Å². The van der Waals surface area contributed by atoms with Crippen molar-refractivity contribution in [2.75, 3.05) is 5.32 Å². The van der Waals surface area contributed by atoms with Gasteiger partial charge in [0.15, 0.2) is 5.78 Å². The molecule has 1 aromatic carbocycles. The molecule has 0 bridgehead atoms. The normalized spacial score (nSPS) is 14.6. The Morgan fingerprint density at radius 3 is 2.30 bits per heavy atom. The standard InChI is InChI=1S/C16H20N2O2/c1-12(19)14-7-9-15(10-8-14)18-16(20)17-11-13-5-3-2-4-6-13/h7-11H,2-6H2,1H3,(H2,17,18,20). The fourth-order valence-electron chi connectivity index (χ4n) is 2.27. The Bertz CT molecular complexity index is 510. The molecule has 1 aliphatic carbocycles. The van der Waals surface area contributed by atoms with Crippen molar-refractivity contribution in [3.05, 3.63) is 41.6 Å².